The van der Waals surface area contributed by atoms with E-state index in [2.05, 4.69) is 33.0 Å². The summed E-state index contributed by atoms with van der Waals surface area (Å²) < 4.78 is 2.27. The highest BCUT2D eigenvalue weighted by Crippen LogP contribution is 2.22. The second kappa shape index (κ2) is 6.20. The maximum Gasteiger partial charge on any atom is 0.312 e. The minimum absolute atomic E-state index is 0.0444. The normalized spacial score (nSPS) is 10.4. The fraction of sp³-hybridized carbons (Fsp3) is 0.231. The molecule has 1 N–H and O–H groups in total. The molecule has 0 spiro atoms. The first-order chi connectivity index (χ1) is 9.90. The Bertz CT molecular complexity index is 711. The summed E-state index contributed by atoms with van der Waals surface area (Å²) in [7, 11) is 0. The molecule has 7 nitrogen and oxygen atoms in total. The average Bonchev–Trinajstić information content (AvgIpc) is 2.67. The minimum Gasteiger partial charge on any atom is -0.324 e. The van der Waals surface area contributed by atoms with Gasteiger partial charge in [-0.05, 0) is 48.6 Å². The lowest BCUT2D eigenvalue weighted by Gasteiger charge is -2.07. The molecule has 0 fully saturated rings. The molecule has 1 aromatic heterocycles. The van der Waals surface area contributed by atoms with Gasteiger partial charge >= 0.3 is 5.69 Å². The molecule has 110 valence electrons. The van der Waals surface area contributed by atoms with Gasteiger partial charge in [0.2, 0.25) is 5.91 Å². The zero-order valence-electron chi connectivity index (χ0n) is 11.5. The van der Waals surface area contributed by atoms with E-state index >= 15 is 0 Å². The number of nitrogens with one attached hydrogen (secondary N) is 1. The van der Waals surface area contributed by atoms with E-state index in [9.17, 15) is 14.9 Å². The molecule has 2 aromatic rings. The first-order valence-electron chi connectivity index (χ1n) is 6.13. The molecule has 21 heavy (non-hydrogen) atoms. The third-order valence-electron chi connectivity index (χ3n) is 2.97. The van der Waals surface area contributed by atoms with E-state index in [0.29, 0.717) is 17.1 Å². The van der Waals surface area contributed by atoms with E-state index in [-0.39, 0.29) is 18.1 Å². The number of rotatable bonds is 4. The summed E-state index contributed by atoms with van der Waals surface area (Å²) in [4.78, 5) is 22.5. The number of aromatic nitrogens is 2. The van der Waals surface area contributed by atoms with Gasteiger partial charge in [-0.25, -0.2) is 0 Å². The third-order valence-corrected chi connectivity index (χ3v) is 3.91. The molecule has 0 aliphatic carbocycles. The van der Waals surface area contributed by atoms with Crippen molar-refractivity contribution in [3.8, 4) is 0 Å². The molecule has 0 aliphatic rings. The molecule has 0 atom stereocenters. The fourth-order valence-corrected chi connectivity index (χ4v) is 2.52. The van der Waals surface area contributed by atoms with Gasteiger partial charge in [-0.3, -0.25) is 19.6 Å². The quantitative estimate of drug-likeness (QED) is 0.486. The van der Waals surface area contributed by atoms with Crippen LogP contribution in [0.4, 0.5) is 11.4 Å². The van der Waals surface area contributed by atoms with Crippen molar-refractivity contribution in [2.45, 2.75) is 20.4 Å². The Morgan fingerprint density at radius 1 is 1.43 bits per heavy atom. The fourth-order valence-electron chi connectivity index (χ4n) is 1.99. The Balaban J connectivity index is 2.16. The summed E-state index contributed by atoms with van der Waals surface area (Å²) in [6.07, 6.45) is 0. The number of nitro groups is 1. The molecule has 1 aromatic carbocycles. The van der Waals surface area contributed by atoms with Crippen molar-refractivity contribution in [1.82, 2.24) is 9.78 Å². The van der Waals surface area contributed by atoms with Crippen molar-refractivity contribution < 1.29 is 9.72 Å². The Hall–Kier alpha value is -1.97. The number of halogens is 1. The predicted octanol–water partition coefficient (Wildman–Crippen LogP) is 2.65. The summed E-state index contributed by atoms with van der Waals surface area (Å²) in [5.41, 5.74) is 1.34. The van der Waals surface area contributed by atoms with Crippen LogP contribution < -0.4 is 5.32 Å². The number of para-hydroxylation sites is 1. The highest BCUT2D eigenvalue weighted by atomic mass is 127. The summed E-state index contributed by atoms with van der Waals surface area (Å²) in [5, 5.41) is 17.7. The van der Waals surface area contributed by atoms with Gasteiger partial charge in [-0.1, -0.05) is 12.1 Å². The van der Waals surface area contributed by atoms with Gasteiger partial charge in [0.1, 0.15) is 17.9 Å². The van der Waals surface area contributed by atoms with Crippen LogP contribution in [0, 0.1) is 27.5 Å². The number of carbonyl (C=O) groups excluding carboxylic acids is 1. The molecule has 0 radical (unpaired) electrons. The highest BCUT2D eigenvalue weighted by molar-refractivity contribution is 14.1. The summed E-state index contributed by atoms with van der Waals surface area (Å²) in [6, 6.07) is 7.38. The maximum absolute atomic E-state index is 12.0. The predicted molar refractivity (Wildman–Crippen MR) is 86.1 cm³/mol. The Labute approximate surface area is 134 Å². The lowest BCUT2D eigenvalue weighted by Crippen LogP contribution is -2.20. The van der Waals surface area contributed by atoms with E-state index in [4.69, 9.17) is 0 Å². The number of benzene rings is 1. The van der Waals surface area contributed by atoms with Gasteiger partial charge < -0.3 is 5.32 Å². The Morgan fingerprint density at radius 3 is 2.67 bits per heavy atom. The van der Waals surface area contributed by atoms with Gasteiger partial charge in [0.25, 0.3) is 0 Å². The number of anilines is 1. The minimum atomic E-state index is -0.480. The van der Waals surface area contributed by atoms with Gasteiger partial charge in [0, 0.05) is 3.57 Å². The second-order valence-corrected chi connectivity index (χ2v) is 5.62. The van der Waals surface area contributed by atoms with Crippen molar-refractivity contribution in [2.24, 2.45) is 0 Å². The molecule has 0 unspecified atom stereocenters. The maximum atomic E-state index is 12.0. The van der Waals surface area contributed by atoms with Crippen LogP contribution in [0.1, 0.15) is 11.4 Å². The molecule has 1 heterocycles. The molecule has 0 bridgehead atoms. The van der Waals surface area contributed by atoms with Gasteiger partial charge in [-0.15, -0.1) is 0 Å². The Kier molecular flexibility index (Phi) is 4.56. The molecular weight excluding hydrogens is 387 g/mol. The second-order valence-electron chi connectivity index (χ2n) is 4.46. The number of hydrogen-bond donors (Lipinski definition) is 1. The third kappa shape index (κ3) is 3.38. The van der Waals surface area contributed by atoms with Crippen LogP contribution >= 0.6 is 22.6 Å². The number of carbonyl (C=O) groups is 1. The van der Waals surface area contributed by atoms with E-state index in [1.54, 1.807) is 19.9 Å². The largest absolute Gasteiger partial charge is 0.324 e. The zero-order valence-corrected chi connectivity index (χ0v) is 13.6. The van der Waals surface area contributed by atoms with Crippen LogP contribution in [0.3, 0.4) is 0 Å². The molecule has 2 rings (SSSR count). The van der Waals surface area contributed by atoms with E-state index in [1.807, 2.05) is 18.2 Å². The van der Waals surface area contributed by atoms with Gasteiger partial charge in [0.15, 0.2) is 0 Å². The van der Waals surface area contributed by atoms with Gasteiger partial charge in [0.05, 0.1) is 10.6 Å². The molecule has 0 aliphatic heterocycles. The smallest absolute Gasteiger partial charge is 0.312 e. The molecule has 0 saturated heterocycles. The topological polar surface area (TPSA) is 90.1 Å². The van der Waals surface area contributed by atoms with Crippen molar-refractivity contribution in [3.63, 3.8) is 0 Å². The van der Waals surface area contributed by atoms with Crippen LogP contribution in [0.15, 0.2) is 24.3 Å². The molecular formula is C13H13IN4O3. The molecule has 0 saturated carbocycles. The van der Waals surface area contributed by atoms with Crippen molar-refractivity contribution in [2.75, 3.05) is 5.32 Å². The van der Waals surface area contributed by atoms with Crippen LogP contribution in [0.25, 0.3) is 0 Å². The van der Waals surface area contributed by atoms with E-state index in [1.165, 1.54) is 4.68 Å². The lowest BCUT2D eigenvalue weighted by atomic mass is 10.3. The van der Waals surface area contributed by atoms with Crippen LogP contribution in [-0.2, 0) is 11.3 Å². The SMILES string of the molecule is Cc1nn(CC(=O)Nc2ccccc2I)c(C)c1[N+](=O)[O-]. The van der Waals surface area contributed by atoms with Crippen molar-refractivity contribution >= 4 is 39.9 Å². The number of amides is 1. The number of nitrogens with zero attached hydrogens (tertiary/aromatic N) is 3. The van der Waals surface area contributed by atoms with E-state index < -0.39 is 4.92 Å². The van der Waals surface area contributed by atoms with Crippen LogP contribution in [0.5, 0.6) is 0 Å². The summed E-state index contributed by atoms with van der Waals surface area (Å²) in [6.45, 7) is 3.07. The molecule has 8 heteroatoms. The first kappa shape index (κ1) is 15.4. The van der Waals surface area contributed by atoms with Crippen LogP contribution in [-0.4, -0.2) is 20.6 Å². The van der Waals surface area contributed by atoms with Crippen LogP contribution in [0.2, 0.25) is 0 Å². The summed E-state index contributed by atoms with van der Waals surface area (Å²) in [5.74, 6) is -0.278. The first-order valence-corrected chi connectivity index (χ1v) is 7.20. The number of aryl methyl sites for hydroxylation is 1. The average molecular weight is 400 g/mol. The lowest BCUT2D eigenvalue weighted by molar-refractivity contribution is -0.386. The van der Waals surface area contributed by atoms with Crippen molar-refractivity contribution in [1.29, 1.82) is 0 Å². The van der Waals surface area contributed by atoms with E-state index in [0.717, 1.165) is 3.57 Å². The Morgan fingerprint density at radius 2 is 2.10 bits per heavy atom. The standard InChI is InChI=1S/C13H13IN4O3/c1-8-13(18(20)21)9(2)17(16-8)7-12(19)15-11-6-4-3-5-10(11)14/h3-6H,7H2,1-2H3,(H,15,19). The van der Waals surface area contributed by atoms with Crippen molar-refractivity contribution in [3.05, 3.63) is 49.3 Å². The molecule has 1 amide bonds. The number of hydrogen-bond acceptors (Lipinski definition) is 4. The highest BCUT2D eigenvalue weighted by Gasteiger charge is 2.22. The van der Waals surface area contributed by atoms with Gasteiger partial charge in [-0.2, -0.15) is 5.10 Å². The zero-order chi connectivity index (χ0) is 15.6. The monoisotopic (exact) mass is 400 g/mol. The summed E-state index contributed by atoms with van der Waals surface area (Å²) >= 11 is 2.12.